The number of aliphatic hydroxyl groups excluding tert-OH is 3. The van der Waals surface area contributed by atoms with Crippen LogP contribution in [0, 0.1) is 0 Å². The van der Waals surface area contributed by atoms with E-state index in [0.29, 0.717) is 5.56 Å². The van der Waals surface area contributed by atoms with E-state index in [4.69, 9.17) is 18.6 Å². The standard InChI is InChI=1S/C23H22O11/c1-10(24)31-9-17-20(28)21(29)22(30)23(34-17)33-16-7-13(26)6-15-18(16)19(27)14(8-32-15)11-2-4-12(25)5-3-11/h2-8,17,20-23,25-26,28-30H,9H2,1H3/t17-,20-,21+,22-,23?/m1/s1. The smallest absolute Gasteiger partial charge is 0.302 e. The zero-order valence-electron chi connectivity index (χ0n) is 17.8. The maximum Gasteiger partial charge on any atom is 0.302 e. The van der Waals surface area contributed by atoms with Gasteiger partial charge in [0.25, 0.3) is 0 Å². The minimum atomic E-state index is -1.74. The van der Waals surface area contributed by atoms with Crippen molar-refractivity contribution in [1.29, 1.82) is 0 Å². The van der Waals surface area contributed by atoms with Crippen LogP contribution < -0.4 is 10.2 Å². The van der Waals surface area contributed by atoms with Crippen LogP contribution in [0.2, 0.25) is 0 Å². The van der Waals surface area contributed by atoms with Crippen LogP contribution in [0.25, 0.3) is 22.1 Å². The van der Waals surface area contributed by atoms with Crippen LogP contribution in [-0.2, 0) is 14.3 Å². The van der Waals surface area contributed by atoms with Crippen LogP contribution in [0.3, 0.4) is 0 Å². The average molecular weight is 474 g/mol. The summed E-state index contributed by atoms with van der Waals surface area (Å²) in [6.45, 7) is 0.729. The maximum atomic E-state index is 13.3. The van der Waals surface area contributed by atoms with Gasteiger partial charge in [0.05, 0.1) is 5.56 Å². The van der Waals surface area contributed by atoms with E-state index in [0.717, 1.165) is 13.0 Å². The Morgan fingerprint density at radius 2 is 1.71 bits per heavy atom. The molecule has 0 spiro atoms. The molecule has 4 rings (SSSR count). The van der Waals surface area contributed by atoms with E-state index < -0.39 is 48.7 Å². The normalized spacial score (nSPS) is 24.6. The molecule has 0 radical (unpaired) electrons. The number of phenols is 2. The number of esters is 1. The van der Waals surface area contributed by atoms with Gasteiger partial charge in [-0.25, -0.2) is 0 Å². The molecule has 11 nitrogen and oxygen atoms in total. The van der Waals surface area contributed by atoms with Crippen molar-refractivity contribution in [1.82, 2.24) is 0 Å². The Balaban J connectivity index is 1.73. The summed E-state index contributed by atoms with van der Waals surface area (Å²) in [5.41, 5.74) is 0.0203. The van der Waals surface area contributed by atoms with Crippen LogP contribution in [0.1, 0.15) is 6.92 Å². The summed E-state index contributed by atoms with van der Waals surface area (Å²) in [4.78, 5) is 24.4. The highest BCUT2D eigenvalue weighted by atomic mass is 16.7. The molecule has 0 saturated carbocycles. The second kappa shape index (κ2) is 9.31. The topological polar surface area (TPSA) is 176 Å². The molecule has 1 aliphatic heterocycles. The first-order chi connectivity index (χ1) is 16.2. The van der Waals surface area contributed by atoms with Crippen LogP contribution in [-0.4, -0.2) is 68.8 Å². The molecule has 2 aromatic carbocycles. The van der Waals surface area contributed by atoms with Gasteiger partial charge in [0.2, 0.25) is 11.7 Å². The third kappa shape index (κ3) is 4.54. The fourth-order valence-corrected chi connectivity index (χ4v) is 3.61. The number of benzene rings is 2. The number of ether oxygens (including phenoxy) is 3. The molecule has 11 heteroatoms. The lowest BCUT2D eigenvalue weighted by Gasteiger charge is -2.39. The molecule has 1 aliphatic rings. The summed E-state index contributed by atoms with van der Waals surface area (Å²) in [6.07, 6.45) is -6.68. The monoisotopic (exact) mass is 474 g/mol. The molecule has 180 valence electrons. The SMILES string of the molecule is CC(=O)OC[C@H]1OC(Oc2cc(O)cc3occ(-c4ccc(O)cc4)c(=O)c23)[C@H](O)[C@@H](O)[C@@H]1O. The van der Waals surface area contributed by atoms with E-state index in [1.54, 1.807) is 0 Å². The molecule has 2 heterocycles. The van der Waals surface area contributed by atoms with E-state index in [1.165, 1.54) is 36.6 Å². The molecule has 5 atom stereocenters. The number of phenolic OH excluding ortho intramolecular Hbond substituents is 2. The predicted molar refractivity (Wildman–Crippen MR) is 115 cm³/mol. The van der Waals surface area contributed by atoms with Gasteiger partial charge in [0, 0.05) is 19.1 Å². The zero-order valence-corrected chi connectivity index (χ0v) is 17.8. The molecule has 0 aliphatic carbocycles. The molecule has 5 N–H and O–H groups in total. The first-order valence-corrected chi connectivity index (χ1v) is 10.2. The van der Waals surface area contributed by atoms with Crippen molar-refractivity contribution >= 4 is 16.9 Å². The number of hydrogen-bond donors (Lipinski definition) is 5. The lowest BCUT2D eigenvalue weighted by Crippen LogP contribution is -2.60. The van der Waals surface area contributed by atoms with Gasteiger partial charge < -0.3 is 44.2 Å². The molecule has 1 aromatic heterocycles. The second-order valence-corrected chi connectivity index (χ2v) is 7.78. The number of aromatic hydroxyl groups is 2. The van der Waals surface area contributed by atoms with Crippen LogP contribution in [0.15, 0.2) is 51.9 Å². The Hall–Kier alpha value is -3.64. The van der Waals surface area contributed by atoms with Crippen molar-refractivity contribution in [3.8, 4) is 28.4 Å². The zero-order chi connectivity index (χ0) is 24.6. The molecule has 1 saturated heterocycles. The summed E-state index contributed by atoms with van der Waals surface area (Å²) < 4.78 is 21.5. The summed E-state index contributed by atoms with van der Waals surface area (Å²) in [7, 11) is 0. The quantitative estimate of drug-likeness (QED) is 0.328. The molecular weight excluding hydrogens is 452 g/mol. The van der Waals surface area contributed by atoms with Crippen molar-refractivity contribution in [3.05, 3.63) is 52.9 Å². The van der Waals surface area contributed by atoms with E-state index in [9.17, 15) is 35.1 Å². The van der Waals surface area contributed by atoms with Gasteiger partial charge in [-0.2, -0.15) is 0 Å². The lowest BCUT2D eigenvalue weighted by atomic mass is 9.99. The van der Waals surface area contributed by atoms with E-state index in [-0.39, 0.29) is 33.8 Å². The first-order valence-electron chi connectivity index (χ1n) is 10.2. The Labute approximate surface area is 192 Å². The Kier molecular flexibility index (Phi) is 6.44. The van der Waals surface area contributed by atoms with Crippen LogP contribution >= 0.6 is 0 Å². The van der Waals surface area contributed by atoms with Gasteiger partial charge in [-0.3, -0.25) is 9.59 Å². The molecule has 1 fully saturated rings. The summed E-state index contributed by atoms with van der Waals surface area (Å²) in [6, 6.07) is 8.13. The van der Waals surface area contributed by atoms with Crippen molar-refractivity contribution < 1.29 is 49.0 Å². The molecule has 0 bridgehead atoms. The fraction of sp³-hybridized carbons (Fsp3) is 0.304. The third-order valence-electron chi connectivity index (χ3n) is 5.37. The van der Waals surface area contributed by atoms with Crippen molar-refractivity contribution in [2.24, 2.45) is 0 Å². The summed E-state index contributed by atoms with van der Waals surface area (Å²) in [5.74, 6) is -1.17. The van der Waals surface area contributed by atoms with E-state index in [1.807, 2.05) is 0 Å². The Bertz CT molecular complexity index is 1250. The largest absolute Gasteiger partial charge is 0.508 e. The summed E-state index contributed by atoms with van der Waals surface area (Å²) >= 11 is 0. The van der Waals surface area contributed by atoms with E-state index in [2.05, 4.69) is 0 Å². The fourth-order valence-electron chi connectivity index (χ4n) is 3.61. The van der Waals surface area contributed by atoms with Crippen molar-refractivity contribution in [2.75, 3.05) is 6.61 Å². The molecular formula is C23H22O11. The minimum absolute atomic E-state index is 0.00959. The van der Waals surface area contributed by atoms with E-state index >= 15 is 0 Å². The minimum Gasteiger partial charge on any atom is -0.508 e. The number of hydrogen-bond acceptors (Lipinski definition) is 11. The predicted octanol–water partition coefficient (Wildman–Crippen LogP) is 0.621. The summed E-state index contributed by atoms with van der Waals surface area (Å²) in [5, 5.41) is 50.2. The van der Waals surface area contributed by atoms with Crippen LogP contribution in [0.4, 0.5) is 0 Å². The highest BCUT2D eigenvalue weighted by Gasteiger charge is 2.45. The first kappa shape index (κ1) is 23.5. The van der Waals surface area contributed by atoms with Gasteiger partial charge in [-0.05, 0) is 17.7 Å². The third-order valence-corrected chi connectivity index (χ3v) is 5.37. The van der Waals surface area contributed by atoms with Gasteiger partial charge in [0.1, 0.15) is 65.5 Å². The molecule has 0 amide bonds. The van der Waals surface area contributed by atoms with Gasteiger partial charge >= 0.3 is 5.97 Å². The highest BCUT2D eigenvalue weighted by molar-refractivity contribution is 5.88. The van der Waals surface area contributed by atoms with Crippen LogP contribution in [0.5, 0.6) is 17.2 Å². The second-order valence-electron chi connectivity index (χ2n) is 7.78. The lowest BCUT2D eigenvalue weighted by molar-refractivity contribution is -0.278. The molecule has 3 aromatic rings. The average Bonchev–Trinajstić information content (AvgIpc) is 2.79. The van der Waals surface area contributed by atoms with Gasteiger partial charge in [0.15, 0.2) is 0 Å². The number of rotatable bonds is 5. The maximum absolute atomic E-state index is 13.3. The van der Waals surface area contributed by atoms with Gasteiger partial charge in [-0.1, -0.05) is 12.1 Å². The van der Waals surface area contributed by atoms with Crippen molar-refractivity contribution in [3.63, 3.8) is 0 Å². The highest BCUT2D eigenvalue weighted by Crippen LogP contribution is 2.33. The number of aliphatic hydroxyl groups is 3. The Morgan fingerprint density at radius 1 is 1.00 bits per heavy atom. The van der Waals surface area contributed by atoms with Gasteiger partial charge in [-0.15, -0.1) is 0 Å². The molecule has 1 unspecified atom stereocenters. The molecule has 34 heavy (non-hydrogen) atoms. The number of carbonyl (C=O) groups is 1. The van der Waals surface area contributed by atoms with Crippen molar-refractivity contribution in [2.45, 2.75) is 37.6 Å². The Morgan fingerprint density at radius 3 is 2.38 bits per heavy atom. The number of fused-ring (bicyclic) bond motifs is 1. The number of carbonyl (C=O) groups excluding carboxylic acids is 1.